The molecule has 27 heavy (non-hydrogen) atoms. The topological polar surface area (TPSA) is 104 Å². The summed E-state index contributed by atoms with van der Waals surface area (Å²) in [6.45, 7) is 5.72. The Balaban J connectivity index is 2.24. The van der Waals surface area contributed by atoms with Crippen molar-refractivity contribution < 1.29 is 18.3 Å². The fraction of sp³-hybridized carbons (Fsp3) is 0.222. The molecule has 0 saturated carbocycles. The van der Waals surface area contributed by atoms with Crippen molar-refractivity contribution in [2.75, 3.05) is 0 Å². The van der Waals surface area contributed by atoms with Gasteiger partial charge in [-0.2, -0.15) is 0 Å². The van der Waals surface area contributed by atoms with E-state index in [9.17, 15) is 9.18 Å². The van der Waals surface area contributed by atoms with Crippen LogP contribution in [0.1, 0.15) is 26.7 Å². The fourth-order valence-electron chi connectivity index (χ4n) is 2.34. The molecule has 0 bridgehead atoms. The molecular weight excluding hydrogens is 375 g/mol. The third kappa shape index (κ3) is 3.90. The van der Waals surface area contributed by atoms with Gasteiger partial charge in [-0.3, -0.25) is 0 Å². The first-order valence-electron chi connectivity index (χ1n) is 7.93. The number of carbonyl (C=O) groups excluding carboxylic acids is 1. The van der Waals surface area contributed by atoms with Gasteiger partial charge in [-0.25, -0.2) is 24.1 Å². The number of benzene rings is 1. The lowest BCUT2D eigenvalue weighted by Gasteiger charge is -2.12. The summed E-state index contributed by atoms with van der Waals surface area (Å²) in [6, 6.07) is 5.86. The number of nitrogens with zero attached hydrogens (tertiary/aromatic N) is 3. The molecule has 0 aliphatic heterocycles. The predicted molar refractivity (Wildman–Crippen MR) is 96.8 cm³/mol. The molecule has 0 aliphatic rings. The number of ether oxygens (including phenoxy) is 1. The van der Waals surface area contributed by atoms with Gasteiger partial charge in [0.05, 0.1) is 0 Å². The average molecular weight is 391 g/mol. The number of hydrogen-bond donors (Lipinski definition) is 1. The van der Waals surface area contributed by atoms with Crippen molar-refractivity contribution in [1.29, 1.82) is 0 Å². The summed E-state index contributed by atoms with van der Waals surface area (Å²) in [7, 11) is 0. The van der Waals surface area contributed by atoms with Gasteiger partial charge in [0, 0.05) is 17.2 Å². The Bertz CT molecular complexity index is 1010. The second kappa shape index (κ2) is 6.96. The smallest absolute Gasteiger partial charge is 0.410 e. The summed E-state index contributed by atoms with van der Waals surface area (Å²) in [4.78, 5) is 23.4. The lowest BCUT2D eigenvalue weighted by Crippen LogP contribution is -2.17. The lowest BCUT2D eigenvalue weighted by molar-refractivity contribution is 0.209. The summed E-state index contributed by atoms with van der Waals surface area (Å²) < 4.78 is 25.5. The molecule has 140 valence electrons. The highest BCUT2D eigenvalue weighted by atomic mass is 35.5. The summed E-state index contributed by atoms with van der Waals surface area (Å²) >= 11 is 5.87. The highest BCUT2D eigenvalue weighted by Crippen LogP contribution is 2.38. The second-order valence-electron chi connectivity index (χ2n) is 6.70. The molecular formula is C18H16ClFN4O3. The van der Waals surface area contributed by atoms with Crippen LogP contribution in [0.25, 0.3) is 22.7 Å². The zero-order chi connectivity index (χ0) is 19.8. The molecule has 0 atom stereocenters. The van der Waals surface area contributed by atoms with Gasteiger partial charge in [0.15, 0.2) is 17.3 Å². The first-order chi connectivity index (χ1) is 12.7. The van der Waals surface area contributed by atoms with Crippen molar-refractivity contribution in [3.05, 3.63) is 47.5 Å². The van der Waals surface area contributed by atoms with Gasteiger partial charge in [0.25, 0.3) is 0 Å². The molecule has 3 rings (SSSR count). The molecule has 0 aliphatic carbocycles. The van der Waals surface area contributed by atoms with E-state index in [1.807, 2.05) is 20.8 Å². The van der Waals surface area contributed by atoms with Crippen LogP contribution in [0.4, 0.5) is 9.18 Å². The van der Waals surface area contributed by atoms with Gasteiger partial charge in [0.2, 0.25) is 11.2 Å². The summed E-state index contributed by atoms with van der Waals surface area (Å²) in [6.07, 6.45) is 0.334. The minimum absolute atomic E-state index is 0.0124. The molecule has 0 fully saturated rings. The third-order valence-electron chi connectivity index (χ3n) is 3.56. The van der Waals surface area contributed by atoms with E-state index in [1.54, 1.807) is 6.07 Å². The van der Waals surface area contributed by atoms with Crippen LogP contribution < -0.4 is 10.5 Å². The van der Waals surface area contributed by atoms with Crippen LogP contribution in [-0.4, -0.2) is 21.0 Å². The molecule has 0 spiro atoms. The number of rotatable bonds is 3. The van der Waals surface area contributed by atoms with Gasteiger partial charge >= 0.3 is 6.09 Å². The quantitative estimate of drug-likeness (QED) is 0.667. The molecule has 2 heterocycles. The molecule has 9 heteroatoms. The summed E-state index contributed by atoms with van der Waals surface area (Å²) in [5, 5.41) is 0.0124. The molecule has 3 aromatic rings. The van der Waals surface area contributed by atoms with Crippen LogP contribution in [0.15, 0.2) is 34.9 Å². The van der Waals surface area contributed by atoms with E-state index in [2.05, 4.69) is 15.0 Å². The molecule has 1 amide bonds. The normalized spacial score (nSPS) is 11.4. The van der Waals surface area contributed by atoms with E-state index in [0.29, 0.717) is 11.6 Å². The Morgan fingerprint density at radius 1 is 1.26 bits per heavy atom. The third-order valence-corrected chi connectivity index (χ3v) is 3.74. The number of aromatic nitrogens is 3. The predicted octanol–water partition coefficient (Wildman–Crippen LogP) is 4.35. The minimum Gasteiger partial charge on any atom is -0.438 e. The molecule has 7 nitrogen and oxygen atoms in total. The monoisotopic (exact) mass is 390 g/mol. The SMILES string of the molecule is CC(C)(C)c1nc(-c2cccc(OC(N)=O)c2F)c(-c2ccnc(Cl)n2)o1. The maximum atomic E-state index is 14.9. The molecule has 0 unspecified atom stereocenters. The van der Waals surface area contributed by atoms with E-state index >= 15 is 0 Å². The second-order valence-corrected chi connectivity index (χ2v) is 7.03. The molecule has 2 aromatic heterocycles. The first-order valence-corrected chi connectivity index (χ1v) is 8.31. The van der Waals surface area contributed by atoms with Crippen LogP contribution in [0, 0.1) is 5.82 Å². The van der Waals surface area contributed by atoms with Crippen molar-refractivity contribution in [3.8, 4) is 28.5 Å². The Morgan fingerprint density at radius 2 is 2.00 bits per heavy atom. The number of hydrogen-bond acceptors (Lipinski definition) is 6. The number of amides is 1. The van der Waals surface area contributed by atoms with Gasteiger partial charge in [-0.05, 0) is 29.8 Å². The number of oxazole rings is 1. The Hall–Kier alpha value is -3.00. The summed E-state index contributed by atoms with van der Waals surface area (Å²) in [5.41, 5.74) is 5.15. The number of carbonyl (C=O) groups is 1. The van der Waals surface area contributed by atoms with E-state index in [-0.39, 0.29) is 28.1 Å². The highest BCUT2D eigenvalue weighted by molar-refractivity contribution is 6.28. The van der Waals surface area contributed by atoms with Gasteiger partial charge in [0.1, 0.15) is 11.4 Å². The average Bonchev–Trinajstić information content (AvgIpc) is 3.02. The molecule has 0 saturated heterocycles. The van der Waals surface area contributed by atoms with Crippen molar-refractivity contribution in [2.24, 2.45) is 5.73 Å². The Kier molecular flexibility index (Phi) is 4.84. The Labute approximate surface area is 159 Å². The van der Waals surface area contributed by atoms with Crippen LogP contribution >= 0.6 is 11.6 Å². The Morgan fingerprint density at radius 3 is 2.63 bits per heavy atom. The van der Waals surface area contributed by atoms with E-state index in [4.69, 9.17) is 26.5 Å². The van der Waals surface area contributed by atoms with Crippen LogP contribution in [0.2, 0.25) is 5.28 Å². The minimum atomic E-state index is -1.12. The lowest BCUT2D eigenvalue weighted by atomic mass is 9.97. The van der Waals surface area contributed by atoms with Crippen molar-refractivity contribution >= 4 is 17.7 Å². The zero-order valence-electron chi connectivity index (χ0n) is 14.8. The van der Waals surface area contributed by atoms with Gasteiger partial charge in [-0.1, -0.05) is 26.8 Å². The van der Waals surface area contributed by atoms with Crippen molar-refractivity contribution in [3.63, 3.8) is 0 Å². The van der Waals surface area contributed by atoms with Gasteiger partial charge in [-0.15, -0.1) is 0 Å². The van der Waals surface area contributed by atoms with Crippen LogP contribution in [0.3, 0.4) is 0 Å². The van der Waals surface area contributed by atoms with E-state index in [1.165, 1.54) is 24.4 Å². The molecule has 0 radical (unpaired) electrons. The van der Waals surface area contributed by atoms with Crippen LogP contribution in [0.5, 0.6) is 5.75 Å². The molecule has 2 N–H and O–H groups in total. The molecule has 1 aromatic carbocycles. The standard InChI is InChI=1S/C18H16ClFN4O3/c1-18(2,3)15-24-13(14(27-15)10-7-8-22-16(19)23-10)9-5-4-6-11(12(9)20)26-17(21)25/h4-8H,1-3H3,(H2,21,25). The maximum absolute atomic E-state index is 14.9. The number of nitrogens with two attached hydrogens (primary N) is 1. The number of halogens is 2. The maximum Gasteiger partial charge on any atom is 0.410 e. The summed E-state index contributed by atoms with van der Waals surface area (Å²) in [5.74, 6) is -0.513. The number of primary amides is 1. The van der Waals surface area contributed by atoms with Crippen molar-refractivity contribution in [1.82, 2.24) is 15.0 Å². The zero-order valence-corrected chi connectivity index (χ0v) is 15.5. The van der Waals surface area contributed by atoms with Crippen molar-refractivity contribution in [2.45, 2.75) is 26.2 Å². The largest absolute Gasteiger partial charge is 0.438 e. The van der Waals surface area contributed by atoms with E-state index in [0.717, 1.165) is 0 Å². The fourth-order valence-corrected chi connectivity index (χ4v) is 2.49. The highest BCUT2D eigenvalue weighted by Gasteiger charge is 2.28. The van der Waals surface area contributed by atoms with E-state index < -0.39 is 17.3 Å². The van der Waals surface area contributed by atoms with Crippen LogP contribution in [-0.2, 0) is 5.41 Å². The first kappa shape index (κ1) is 18.8. The van der Waals surface area contributed by atoms with Gasteiger partial charge < -0.3 is 14.9 Å².